The van der Waals surface area contributed by atoms with Crippen molar-refractivity contribution in [1.29, 1.82) is 0 Å². The summed E-state index contributed by atoms with van der Waals surface area (Å²) in [5.74, 6) is 0.0995. The van der Waals surface area contributed by atoms with Crippen molar-refractivity contribution in [1.82, 2.24) is 5.32 Å². The second-order valence-corrected chi connectivity index (χ2v) is 5.19. The molecule has 1 amide bonds. The van der Waals surface area contributed by atoms with Crippen molar-refractivity contribution < 1.29 is 9.72 Å². The van der Waals surface area contributed by atoms with Crippen LogP contribution in [0.3, 0.4) is 0 Å². The van der Waals surface area contributed by atoms with Crippen LogP contribution < -0.4 is 5.32 Å². The Labute approximate surface area is 119 Å². The van der Waals surface area contributed by atoms with Gasteiger partial charge in [-0.3, -0.25) is 14.9 Å². The van der Waals surface area contributed by atoms with Gasteiger partial charge in [-0.15, -0.1) is 0 Å². The van der Waals surface area contributed by atoms with Crippen LogP contribution in [0, 0.1) is 10.1 Å². The van der Waals surface area contributed by atoms with Gasteiger partial charge in [0.2, 0.25) is 5.91 Å². The Morgan fingerprint density at radius 3 is 2.65 bits per heavy atom. The molecule has 1 aromatic carbocycles. The lowest BCUT2D eigenvalue weighted by atomic mass is 9.98. The van der Waals surface area contributed by atoms with Gasteiger partial charge in [-0.2, -0.15) is 0 Å². The molecular weight excluding hydrogens is 256 g/mol. The first-order chi connectivity index (χ1) is 9.45. The van der Waals surface area contributed by atoms with Gasteiger partial charge in [-0.25, -0.2) is 0 Å². The standard InChI is InChI=1S/C15H22N2O3/c1-4-5-6-15(18)16-10-12-7-8-14(17(19)20)13(9-12)11(2)3/h7-9,11H,4-6,10H2,1-3H3,(H,16,18). The quantitative estimate of drug-likeness (QED) is 0.612. The van der Waals surface area contributed by atoms with E-state index >= 15 is 0 Å². The monoisotopic (exact) mass is 278 g/mol. The van der Waals surface area contributed by atoms with Crippen LogP contribution in [0.1, 0.15) is 57.1 Å². The van der Waals surface area contributed by atoms with E-state index in [0.29, 0.717) is 18.5 Å². The molecule has 5 heteroatoms. The maximum atomic E-state index is 11.5. The molecule has 0 aliphatic heterocycles. The molecule has 5 nitrogen and oxygen atoms in total. The summed E-state index contributed by atoms with van der Waals surface area (Å²) in [5.41, 5.74) is 1.74. The molecule has 1 aromatic rings. The molecule has 0 bridgehead atoms. The summed E-state index contributed by atoms with van der Waals surface area (Å²) in [6, 6.07) is 5.02. The number of carbonyl (C=O) groups is 1. The smallest absolute Gasteiger partial charge is 0.272 e. The average molecular weight is 278 g/mol. The first kappa shape index (κ1) is 16.1. The van der Waals surface area contributed by atoms with Crippen LogP contribution in [-0.2, 0) is 11.3 Å². The molecule has 110 valence electrons. The third kappa shape index (κ3) is 4.64. The topological polar surface area (TPSA) is 72.2 Å². The summed E-state index contributed by atoms with van der Waals surface area (Å²) in [4.78, 5) is 22.1. The molecule has 20 heavy (non-hydrogen) atoms. The minimum atomic E-state index is -0.362. The highest BCUT2D eigenvalue weighted by Crippen LogP contribution is 2.27. The molecule has 1 rings (SSSR count). The number of rotatable bonds is 7. The molecule has 0 heterocycles. The highest BCUT2D eigenvalue weighted by molar-refractivity contribution is 5.75. The van der Waals surface area contributed by atoms with Crippen molar-refractivity contribution in [2.75, 3.05) is 0 Å². The minimum absolute atomic E-state index is 0.0244. The zero-order valence-corrected chi connectivity index (χ0v) is 12.3. The first-order valence-corrected chi connectivity index (χ1v) is 6.99. The van der Waals surface area contributed by atoms with E-state index in [1.54, 1.807) is 6.07 Å². The minimum Gasteiger partial charge on any atom is -0.352 e. The number of benzene rings is 1. The Balaban J connectivity index is 2.75. The third-order valence-electron chi connectivity index (χ3n) is 3.16. The SMILES string of the molecule is CCCCC(=O)NCc1ccc([N+](=O)[O-])c(C(C)C)c1. The molecule has 0 spiro atoms. The van der Waals surface area contributed by atoms with Crippen LogP contribution in [0.25, 0.3) is 0 Å². The van der Waals surface area contributed by atoms with E-state index in [9.17, 15) is 14.9 Å². The molecule has 0 fully saturated rings. The Morgan fingerprint density at radius 1 is 1.40 bits per heavy atom. The largest absolute Gasteiger partial charge is 0.352 e. The van der Waals surface area contributed by atoms with Crippen LogP contribution in [0.5, 0.6) is 0 Å². The van der Waals surface area contributed by atoms with E-state index in [-0.39, 0.29) is 22.4 Å². The molecule has 0 aromatic heterocycles. The van der Waals surface area contributed by atoms with Gasteiger partial charge in [-0.1, -0.05) is 33.3 Å². The third-order valence-corrected chi connectivity index (χ3v) is 3.16. The normalized spacial score (nSPS) is 10.6. The van der Waals surface area contributed by atoms with E-state index < -0.39 is 0 Å². The second kappa shape index (κ2) is 7.62. The van der Waals surface area contributed by atoms with Crippen molar-refractivity contribution in [3.63, 3.8) is 0 Å². The fourth-order valence-electron chi connectivity index (χ4n) is 1.97. The molecule has 0 unspecified atom stereocenters. The number of hydrogen-bond acceptors (Lipinski definition) is 3. The number of nitro benzene ring substituents is 1. The molecule has 0 aliphatic rings. The van der Waals surface area contributed by atoms with Crippen LogP contribution >= 0.6 is 0 Å². The lowest BCUT2D eigenvalue weighted by Gasteiger charge is -2.10. The summed E-state index contributed by atoms with van der Waals surface area (Å²) >= 11 is 0. The number of nitrogens with zero attached hydrogens (tertiary/aromatic N) is 1. The van der Waals surface area contributed by atoms with Gasteiger partial charge >= 0.3 is 0 Å². The number of unbranched alkanes of at least 4 members (excludes halogenated alkanes) is 1. The lowest BCUT2D eigenvalue weighted by Crippen LogP contribution is -2.22. The maximum Gasteiger partial charge on any atom is 0.272 e. The van der Waals surface area contributed by atoms with Gasteiger partial charge < -0.3 is 5.32 Å². The van der Waals surface area contributed by atoms with E-state index in [1.165, 1.54) is 6.07 Å². The summed E-state index contributed by atoms with van der Waals surface area (Å²) in [6.45, 7) is 6.30. The first-order valence-electron chi connectivity index (χ1n) is 6.99. The Bertz CT molecular complexity index is 484. The highest BCUT2D eigenvalue weighted by Gasteiger charge is 2.16. The number of amides is 1. The van der Waals surface area contributed by atoms with E-state index in [4.69, 9.17) is 0 Å². The second-order valence-electron chi connectivity index (χ2n) is 5.19. The molecule has 0 saturated carbocycles. The Morgan fingerprint density at radius 2 is 2.10 bits per heavy atom. The van der Waals surface area contributed by atoms with E-state index in [1.807, 2.05) is 26.8 Å². The zero-order chi connectivity index (χ0) is 15.1. The molecule has 0 radical (unpaired) electrons. The zero-order valence-electron chi connectivity index (χ0n) is 12.3. The Kier molecular flexibility index (Phi) is 6.15. The predicted molar refractivity (Wildman–Crippen MR) is 78.6 cm³/mol. The number of nitrogens with one attached hydrogen (secondary N) is 1. The average Bonchev–Trinajstić information content (AvgIpc) is 2.42. The molecule has 0 aliphatic carbocycles. The predicted octanol–water partition coefficient (Wildman–Crippen LogP) is 3.52. The van der Waals surface area contributed by atoms with Crippen molar-refractivity contribution >= 4 is 11.6 Å². The van der Waals surface area contributed by atoms with Crippen LogP contribution in [0.4, 0.5) is 5.69 Å². The van der Waals surface area contributed by atoms with E-state index in [2.05, 4.69) is 5.32 Å². The van der Waals surface area contributed by atoms with Crippen molar-refractivity contribution in [3.8, 4) is 0 Å². The van der Waals surface area contributed by atoms with E-state index in [0.717, 1.165) is 18.4 Å². The van der Waals surface area contributed by atoms with Gasteiger partial charge in [0.25, 0.3) is 5.69 Å². The van der Waals surface area contributed by atoms with Crippen LogP contribution in [0.15, 0.2) is 18.2 Å². The van der Waals surface area contributed by atoms with Crippen LogP contribution in [0.2, 0.25) is 0 Å². The fourth-order valence-corrected chi connectivity index (χ4v) is 1.97. The summed E-state index contributed by atoms with van der Waals surface area (Å²) in [7, 11) is 0. The highest BCUT2D eigenvalue weighted by atomic mass is 16.6. The number of hydrogen-bond donors (Lipinski definition) is 1. The maximum absolute atomic E-state index is 11.5. The lowest BCUT2D eigenvalue weighted by molar-refractivity contribution is -0.385. The summed E-state index contributed by atoms with van der Waals surface area (Å²) < 4.78 is 0. The molecular formula is C15H22N2O3. The number of carbonyl (C=O) groups excluding carboxylic acids is 1. The number of nitro groups is 1. The van der Waals surface area contributed by atoms with Crippen molar-refractivity contribution in [3.05, 3.63) is 39.4 Å². The summed E-state index contributed by atoms with van der Waals surface area (Å²) in [5, 5.41) is 13.8. The van der Waals surface area contributed by atoms with Gasteiger partial charge in [0.05, 0.1) is 4.92 Å². The van der Waals surface area contributed by atoms with Gasteiger partial charge in [0.15, 0.2) is 0 Å². The Hall–Kier alpha value is -1.91. The van der Waals surface area contributed by atoms with Crippen molar-refractivity contribution in [2.45, 2.75) is 52.5 Å². The van der Waals surface area contributed by atoms with Crippen LogP contribution in [-0.4, -0.2) is 10.8 Å². The molecule has 0 saturated heterocycles. The molecule has 1 N–H and O–H groups in total. The van der Waals surface area contributed by atoms with Gasteiger partial charge in [-0.05, 0) is 24.0 Å². The van der Waals surface area contributed by atoms with Gasteiger partial charge in [0, 0.05) is 24.6 Å². The molecule has 0 atom stereocenters. The summed E-state index contributed by atoms with van der Waals surface area (Å²) in [6.07, 6.45) is 2.40. The van der Waals surface area contributed by atoms with Crippen molar-refractivity contribution in [2.24, 2.45) is 0 Å². The van der Waals surface area contributed by atoms with Gasteiger partial charge in [0.1, 0.15) is 0 Å². The fraction of sp³-hybridized carbons (Fsp3) is 0.533.